The molecule has 3 atom stereocenters. The maximum atomic E-state index is 13.2. The second kappa shape index (κ2) is 20.7. The Balaban J connectivity index is 3.65. The highest BCUT2D eigenvalue weighted by Gasteiger charge is 2.31. The number of nitrogens with two attached hydrogens (primary N) is 3. The molecule has 0 fully saturated rings. The van der Waals surface area contributed by atoms with Crippen LogP contribution in [-0.4, -0.2) is 17.7 Å². The molecular formula is C39H69N3O3. The molecule has 3 amide bonds. The zero-order valence-corrected chi connectivity index (χ0v) is 30.5. The summed E-state index contributed by atoms with van der Waals surface area (Å²) in [7, 11) is 0. The first-order chi connectivity index (χ1) is 21.1. The lowest BCUT2D eigenvalue weighted by Crippen LogP contribution is -2.29. The third-order valence-electron chi connectivity index (χ3n) is 9.65. The highest BCUT2D eigenvalue weighted by Crippen LogP contribution is 2.34. The third-order valence-corrected chi connectivity index (χ3v) is 9.65. The monoisotopic (exact) mass is 628 g/mol. The Labute approximate surface area is 276 Å². The van der Waals surface area contributed by atoms with Gasteiger partial charge in [-0.25, -0.2) is 0 Å². The van der Waals surface area contributed by atoms with Crippen molar-refractivity contribution in [2.45, 2.75) is 159 Å². The minimum Gasteiger partial charge on any atom is -0.366 e. The van der Waals surface area contributed by atoms with Gasteiger partial charge in [-0.05, 0) is 90.7 Å². The average Bonchev–Trinajstić information content (AvgIpc) is 2.91. The van der Waals surface area contributed by atoms with Gasteiger partial charge in [-0.1, -0.05) is 120 Å². The topological polar surface area (TPSA) is 129 Å². The zero-order valence-electron chi connectivity index (χ0n) is 30.5. The van der Waals surface area contributed by atoms with Crippen LogP contribution < -0.4 is 17.2 Å². The summed E-state index contributed by atoms with van der Waals surface area (Å²) in [6, 6.07) is 0. The molecule has 0 aliphatic heterocycles. The predicted molar refractivity (Wildman–Crippen MR) is 191 cm³/mol. The molecule has 0 spiro atoms. The summed E-state index contributed by atoms with van der Waals surface area (Å²) >= 11 is 0. The van der Waals surface area contributed by atoms with Crippen molar-refractivity contribution in [1.29, 1.82) is 0 Å². The van der Waals surface area contributed by atoms with E-state index in [1.165, 1.54) is 19.3 Å². The van der Waals surface area contributed by atoms with Gasteiger partial charge in [0.05, 0.1) is 0 Å². The summed E-state index contributed by atoms with van der Waals surface area (Å²) in [4.78, 5) is 39.7. The first-order valence-electron chi connectivity index (χ1n) is 18.2. The number of hydrogen-bond donors (Lipinski definition) is 3. The van der Waals surface area contributed by atoms with E-state index in [9.17, 15) is 14.4 Å². The van der Waals surface area contributed by atoms with Gasteiger partial charge in [0, 0.05) is 16.7 Å². The summed E-state index contributed by atoms with van der Waals surface area (Å²) in [5.74, 6) is 1.38. The van der Waals surface area contributed by atoms with Crippen LogP contribution in [0.25, 0.3) is 0 Å². The molecule has 3 unspecified atom stereocenters. The second-order valence-electron chi connectivity index (χ2n) is 15.6. The maximum absolute atomic E-state index is 13.2. The van der Waals surface area contributed by atoms with Crippen molar-refractivity contribution >= 4 is 17.7 Å². The van der Waals surface area contributed by atoms with Gasteiger partial charge in [0.15, 0.2) is 0 Å². The Morgan fingerprint density at radius 3 is 0.800 bits per heavy atom. The van der Waals surface area contributed by atoms with Crippen molar-refractivity contribution in [3.05, 3.63) is 33.4 Å². The van der Waals surface area contributed by atoms with Gasteiger partial charge >= 0.3 is 0 Å². The van der Waals surface area contributed by atoms with E-state index < -0.39 is 17.7 Å². The molecule has 1 aromatic rings. The molecular weight excluding hydrogens is 558 g/mol. The maximum Gasteiger partial charge on any atom is 0.249 e. The molecule has 6 heteroatoms. The van der Waals surface area contributed by atoms with Crippen LogP contribution in [0.5, 0.6) is 0 Å². The number of carbonyl (C=O) groups is 3. The van der Waals surface area contributed by atoms with Crippen molar-refractivity contribution in [1.82, 2.24) is 0 Å². The smallest absolute Gasteiger partial charge is 0.249 e. The van der Waals surface area contributed by atoms with Crippen molar-refractivity contribution in [2.75, 3.05) is 0 Å². The Hall–Kier alpha value is -2.37. The Bertz CT molecular complexity index is 921. The van der Waals surface area contributed by atoms with Gasteiger partial charge in [0.2, 0.25) is 17.7 Å². The van der Waals surface area contributed by atoms with E-state index in [0.717, 1.165) is 57.8 Å². The summed E-state index contributed by atoms with van der Waals surface area (Å²) in [5, 5.41) is 0. The lowest BCUT2D eigenvalue weighted by molar-refractivity contribution is 0.0998. The van der Waals surface area contributed by atoms with E-state index in [1.54, 1.807) is 0 Å². The molecule has 45 heavy (non-hydrogen) atoms. The van der Waals surface area contributed by atoms with E-state index in [2.05, 4.69) is 62.3 Å². The molecule has 0 radical (unpaired) electrons. The van der Waals surface area contributed by atoms with Crippen LogP contribution in [0.1, 0.15) is 187 Å². The van der Waals surface area contributed by atoms with Gasteiger partial charge in [0.1, 0.15) is 0 Å². The third kappa shape index (κ3) is 14.7. The van der Waals surface area contributed by atoms with E-state index in [-0.39, 0.29) is 0 Å². The van der Waals surface area contributed by atoms with Crippen LogP contribution in [0.15, 0.2) is 0 Å². The van der Waals surface area contributed by atoms with Crippen LogP contribution in [0.4, 0.5) is 0 Å². The second-order valence-corrected chi connectivity index (χ2v) is 15.6. The normalized spacial score (nSPS) is 13.9. The number of hydrogen-bond acceptors (Lipinski definition) is 3. The minimum atomic E-state index is -0.612. The van der Waals surface area contributed by atoms with Crippen molar-refractivity contribution in [3.63, 3.8) is 0 Å². The highest BCUT2D eigenvalue weighted by molar-refractivity contribution is 6.09. The molecule has 1 rings (SSSR count). The lowest BCUT2D eigenvalue weighted by atomic mass is 9.78. The van der Waals surface area contributed by atoms with Crippen LogP contribution in [0.3, 0.4) is 0 Å². The molecule has 0 bridgehead atoms. The fourth-order valence-corrected chi connectivity index (χ4v) is 6.79. The summed E-state index contributed by atoms with van der Waals surface area (Å²) in [6.45, 7) is 20.1. The molecule has 0 heterocycles. The number of primary amides is 3. The Morgan fingerprint density at radius 2 is 0.622 bits per heavy atom. The fourth-order valence-electron chi connectivity index (χ4n) is 6.79. The van der Waals surface area contributed by atoms with E-state index in [0.29, 0.717) is 88.2 Å². The molecule has 1 aromatic carbocycles. The SMILES string of the molecule is CC(C)CCCC(C)CCc1c(C(N)=O)c(CCC(C)CCCC(C)C)c(C(N)=O)c(CCC(C)CCCC(C)C)c1C(N)=O. The Morgan fingerprint density at radius 1 is 0.400 bits per heavy atom. The molecule has 0 aliphatic rings. The van der Waals surface area contributed by atoms with Crippen LogP contribution in [0, 0.1) is 35.5 Å². The van der Waals surface area contributed by atoms with Crippen LogP contribution >= 0.6 is 0 Å². The number of carbonyl (C=O) groups excluding carboxylic acids is 3. The standard InChI is InChI=1S/C39H69N3O3/c1-25(2)13-10-16-28(7)19-22-31-34(37(40)43)32(23-20-29(8)17-11-14-26(3)4)36(39(42)45)33(35(31)38(41)44)24-21-30(9)18-12-15-27(5)6/h25-30H,10-24H2,1-9H3,(H2,40,43)(H2,41,44)(H2,42,45). The first kappa shape index (κ1) is 40.7. The number of amides is 3. The van der Waals surface area contributed by atoms with E-state index in [4.69, 9.17) is 17.2 Å². The van der Waals surface area contributed by atoms with Gasteiger partial charge in [-0.2, -0.15) is 0 Å². The van der Waals surface area contributed by atoms with Crippen LogP contribution in [0.2, 0.25) is 0 Å². The van der Waals surface area contributed by atoms with Crippen molar-refractivity contribution in [2.24, 2.45) is 52.7 Å². The predicted octanol–water partition coefficient (Wildman–Crippen LogP) is 9.17. The van der Waals surface area contributed by atoms with Crippen LogP contribution in [-0.2, 0) is 19.3 Å². The quantitative estimate of drug-likeness (QED) is 0.106. The van der Waals surface area contributed by atoms with Gasteiger partial charge in [0.25, 0.3) is 0 Å². The number of benzene rings is 1. The molecule has 0 saturated carbocycles. The summed E-state index contributed by atoms with van der Waals surface area (Å²) < 4.78 is 0. The van der Waals surface area contributed by atoms with Gasteiger partial charge in [-0.15, -0.1) is 0 Å². The molecule has 0 aliphatic carbocycles. The van der Waals surface area contributed by atoms with Crippen molar-refractivity contribution in [3.8, 4) is 0 Å². The lowest BCUT2D eigenvalue weighted by Gasteiger charge is -2.25. The molecule has 258 valence electrons. The number of rotatable bonds is 24. The summed E-state index contributed by atoms with van der Waals surface area (Å²) in [6.07, 6.45) is 14.2. The fraction of sp³-hybridized carbons (Fsp3) is 0.769. The van der Waals surface area contributed by atoms with Gasteiger partial charge < -0.3 is 17.2 Å². The molecule has 6 N–H and O–H groups in total. The molecule has 0 saturated heterocycles. The van der Waals surface area contributed by atoms with Crippen molar-refractivity contribution < 1.29 is 14.4 Å². The zero-order chi connectivity index (χ0) is 34.3. The van der Waals surface area contributed by atoms with E-state index >= 15 is 0 Å². The summed E-state index contributed by atoms with van der Waals surface area (Å²) in [5.41, 5.74) is 21.1. The minimum absolute atomic E-state index is 0.301. The largest absolute Gasteiger partial charge is 0.366 e. The average molecular weight is 628 g/mol. The highest BCUT2D eigenvalue weighted by atomic mass is 16.2. The molecule has 6 nitrogen and oxygen atoms in total. The first-order valence-corrected chi connectivity index (χ1v) is 18.2. The van der Waals surface area contributed by atoms with E-state index in [1.807, 2.05) is 0 Å². The Kier molecular flexibility index (Phi) is 18.7. The van der Waals surface area contributed by atoms with Gasteiger partial charge in [-0.3, -0.25) is 14.4 Å². The molecule has 0 aromatic heterocycles.